The maximum atomic E-state index is 12.5. The molecule has 4 rings (SSSR count). The normalized spacial score (nSPS) is 13.6. The third-order valence-corrected chi connectivity index (χ3v) is 6.97. The predicted molar refractivity (Wildman–Crippen MR) is 113 cm³/mol. The second-order valence-electron chi connectivity index (χ2n) is 6.22. The topological polar surface area (TPSA) is 74.8 Å². The van der Waals surface area contributed by atoms with E-state index in [9.17, 15) is 9.59 Å². The van der Waals surface area contributed by atoms with E-state index in [1.165, 1.54) is 16.6 Å². The van der Waals surface area contributed by atoms with Crippen LogP contribution in [0.5, 0.6) is 0 Å². The molecule has 0 spiro atoms. The minimum atomic E-state index is -0.252. The van der Waals surface area contributed by atoms with Gasteiger partial charge >= 0.3 is 0 Å². The zero-order valence-corrected chi connectivity index (χ0v) is 17.2. The number of aromatic nitrogens is 2. The highest BCUT2D eigenvalue weighted by molar-refractivity contribution is 7.99. The van der Waals surface area contributed by atoms with Crippen LogP contribution in [0.25, 0.3) is 10.2 Å². The molecule has 0 aliphatic heterocycles. The zero-order valence-electron chi connectivity index (χ0n) is 14.1. The van der Waals surface area contributed by atoms with Crippen LogP contribution in [-0.4, -0.2) is 21.6 Å². The molecule has 0 bridgehead atoms. The van der Waals surface area contributed by atoms with Gasteiger partial charge in [-0.15, -0.1) is 11.3 Å². The van der Waals surface area contributed by atoms with Gasteiger partial charge in [0.1, 0.15) is 4.83 Å². The van der Waals surface area contributed by atoms with Gasteiger partial charge in [0.05, 0.1) is 21.8 Å². The van der Waals surface area contributed by atoms with E-state index in [1.807, 2.05) is 0 Å². The Labute approximate surface area is 173 Å². The molecule has 1 aliphatic carbocycles. The van der Waals surface area contributed by atoms with Crippen LogP contribution in [0.1, 0.15) is 23.3 Å². The number of H-pyrrole nitrogens is 1. The first-order valence-corrected chi connectivity index (χ1v) is 11.0. The lowest BCUT2D eigenvalue weighted by molar-refractivity contribution is -0.113. The highest BCUT2D eigenvalue weighted by atomic mass is 35.5. The fourth-order valence-electron chi connectivity index (χ4n) is 3.13. The first-order valence-electron chi connectivity index (χ1n) is 8.43. The molecule has 1 amide bonds. The van der Waals surface area contributed by atoms with Gasteiger partial charge < -0.3 is 10.3 Å². The molecule has 2 aromatic heterocycles. The SMILES string of the molecule is O=C(CSc1nc2sc3c(c2c(=O)[nH]1)CCCC3)Nc1cc(Cl)ccc1Cl. The van der Waals surface area contributed by atoms with E-state index >= 15 is 0 Å². The largest absolute Gasteiger partial charge is 0.324 e. The maximum absolute atomic E-state index is 12.5. The molecule has 0 unspecified atom stereocenters. The second kappa shape index (κ2) is 7.83. The highest BCUT2D eigenvalue weighted by Crippen LogP contribution is 2.34. The first-order chi connectivity index (χ1) is 13.0. The van der Waals surface area contributed by atoms with E-state index in [0.717, 1.165) is 36.1 Å². The van der Waals surface area contributed by atoms with Gasteiger partial charge in [-0.05, 0) is 49.4 Å². The number of halogens is 2. The number of hydrogen-bond acceptors (Lipinski definition) is 5. The van der Waals surface area contributed by atoms with Crippen LogP contribution >= 0.6 is 46.3 Å². The number of nitrogens with one attached hydrogen (secondary N) is 2. The van der Waals surface area contributed by atoms with Gasteiger partial charge in [0.25, 0.3) is 5.56 Å². The van der Waals surface area contributed by atoms with Crippen molar-refractivity contribution in [1.29, 1.82) is 0 Å². The molecular formula is C18H15Cl2N3O2S2. The van der Waals surface area contributed by atoms with Crippen LogP contribution in [0, 0.1) is 0 Å². The number of anilines is 1. The molecule has 1 aromatic carbocycles. The average Bonchev–Trinajstić information content (AvgIpc) is 3.02. The van der Waals surface area contributed by atoms with Gasteiger partial charge in [-0.25, -0.2) is 4.98 Å². The van der Waals surface area contributed by atoms with Crippen molar-refractivity contribution < 1.29 is 4.79 Å². The Hall–Kier alpha value is -1.54. The van der Waals surface area contributed by atoms with E-state index < -0.39 is 0 Å². The Morgan fingerprint density at radius 1 is 1.30 bits per heavy atom. The maximum Gasteiger partial charge on any atom is 0.260 e. The molecule has 140 valence electrons. The number of thioether (sulfide) groups is 1. The Bertz CT molecular complexity index is 1090. The summed E-state index contributed by atoms with van der Waals surface area (Å²) in [6, 6.07) is 4.87. The number of amides is 1. The van der Waals surface area contributed by atoms with Crippen LogP contribution in [0.2, 0.25) is 10.0 Å². The molecule has 9 heteroatoms. The second-order valence-corrected chi connectivity index (χ2v) is 9.11. The summed E-state index contributed by atoms with van der Waals surface area (Å²) in [5.74, 6) is -0.153. The Kier molecular flexibility index (Phi) is 5.45. The Morgan fingerprint density at radius 3 is 2.96 bits per heavy atom. The monoisotopic (exact) mass is 439 g/mol. The Morgan fingerprint density at radius 2 is 2.11 bits per heavy atom. The number of carbonyl (C=O) groups is 1. The van der Waals surface area contributed by atoms with Crippen molar-refractivity contribution in [1.82, 2.24) is 9.97 Å². The minimum Gasteiger partial charge on any atom is -0.324 e. The van der Waals surface area contributed by atoms with E-state index in [-0.39, 0.29) is 17.2 Å². The molecule has 0 saturated carbocycles. The van der Waals surface area contributed by atoms with Gasteiger partial charge in [0.2, 0.25) is 5.91 Å². The number of carbonyl (C=O) groups excluding carboxylic acids is 1. The third kappa shape index (κ3) is 4.01. The third-order valence-electron chi connectivity index (χ3n) is 4.35. The number of nitrogens with zero attached hydrogens (tertiary/aromatic N) is 1. The Balaban J connectivity index is 1.49. The van der Waals surface area contributed by atoms with Crippen molar-refractivity contribution in [2.24, 2.45) is 0 Å². The molecule has 2 heterocycles. The number of aromatic amines is 1. The number of benzene rings is 1. The summed E-state index contributed by atoms with van der Waals surface area (Å²) in [5.41, 5.74) is 1.48. The smallest absolute Gasteiger partial charge is 0.260 e. The summed E-state index contributed by atoms with van der Waals surface area (Å²) in [7, 11) is 0. The van der Waals surface area contributed by atoms with E-state index in [2.05, 4.69) is 15.3 Å². The summed E-state index contributed by atoms with van der Waals surface area (Å²) < 4.78 is 0. The van der Waals surface area contributed by atoms with Crippen molar-refractivity contribution in [2.75, 3.05) is 11.1 Å². The van der Waals surface area contributed by atoms with Crippen LogP contribution in [-0.2, 0) is 17.6 Å². The number of thiophene rings is 1. The van der Waals surface area contributed by atoms with Gasteiger partial charge in [-0.2, -0.15) is 0 Å². The molecule has 3 aromatic rings. The van der Waals surface area contributed by atoms with E-state index in [1.54, 1.807) is 29.5 Å². The summed E-state index contributed by atoms with van der Waals surface area (Å²) in [5, 5.41) is 4.78. The average molecular weight is 440 g/mol. The quantitative estimate of drug-likeness (QED) is 0.447. The van der Waals surface area contributed by atoms with Crippen molar-refractivity contribution in [2.45, 2.75) is 30.8 Å². The van der Waals surface area contributed by atoms with Crippen LogP contribution in [0.4, 0.5) is 5.69 Å². The van der Waals surface area contributed by atoms with Crippen LogP contribution < -0.4 is 10.9 Å². The summed E-state index contributed by atoms with van der Waals surface area (Å²) >= 11 is 14.8. The number of aryl methyl sites for hydroxylation is 2. The first kappa shape index (κ1) is 18.8. The summed E-state index contributed by atoms with van der Waals surface area (Å²) in [6.07, 6.45) is 4.23. The summed E-state index contributed by atoms with van der Waals surface area (Å²) in [4.78, 5) is 34.1. The number of fused-ring (bicyclic) bond motifs is 3. The van der Waals surface area contributed by atoms with Gasteiger partial charge in [-0.1, -0.05) is 35.0 Å². The molecule has 27 heavy (non-hydrogen) atoms. The molecule has 0 saturated heterocycles. The lowest BCUT2D eigenvalue weighted by atomic mass is 9.97. The molecule has 0 fully saturated rings. The number of hydrogen-bond donors (Lipinski definition) is 2. The van der Waals surface area contributed by atoms with Gasteiger partial charge in [0, 0.05) is 9.90 Å². The predicted octanol–water partition coefficient (Wildman–Crippen LogP) is 4.90. The highest BCUT2D eigenvalue weighted by Gasteiger charge is 2.20. The molecule has 0 atom stereocenters. The van der Waals surface area contributed by atoms with Gasteiger partial charge in [-0.3, -0.25) is 9.59 Å². The fourth-order valence-corrected chi connectivity index (χ4v) is 5.44. The van der Waals surface area contributed by atoms with Crippen molar-refractivity contribution in [3.63, 3.8) is 0 Å². The van der Waals surface area contributed by atoms with Crippen molar-refractivity contribution in [3.8, 4) is 0 Å². The molecule has 0 radical (unpaired) electrons. The zero-order chi connectivity index (χ0) is 19.0. The molecular weight excluding hydrogens is 425 g/mol. The van der Waals surface area contributed by atoms with Crippen LogP contribution in [0.3, 0.4) is 0 Å². The minimum absolute atomic E-state index is 0.0996. The van der Waals surface area contributed by atoms with Crippen molar-refractivity contribution in [3.05, 3.63) is 49.0 Å². The van der Waals surface area contributed by atoms with Crippen LogP contribution in [0.15, 0.2) is 28.2 Å². The van der Waals surface area contributed by atoms with E-state index in [4.69, 9.17) is 23.2 Å². The molecule has 2 N–H and O–H groups in total. The molecule has 5 nitrogen and oxygen atoms in total. The standard InChI is InChI=1S/C18H15Cl2N3O2S2/c19-9-5-6-11(20)12(7-9)21-14(24)8-26-18-22-16(25)15-10-3-1-2-4-13(10)27-17(15)23-18/h5-7H,1-4,8H2,(H,21,24)(H,22,23,25). The van der Waals surface area contributed by atoms with E-state index in [0.29, 0.717) is 26.3 Å². The van der Waals surface area contributed by atoms with Gasteiger partial charge in [0.15, 0.2) is 5.16 Å². The fraction of sp³-hybridized carbons (Fsp3) is 0.278. The summed E-state index contributed by atoms with van der Waals surface area (Å²) in [6.45, 7) is 0. The number of rotatable bonds is 4. The molecule has 1 aliphatic rings. The lowest BCUT2D eigenvalue weighted by Gasteiger charge is -2.09. The van der Waals surface area contributed by atoms with Crippen molar-refractivity contribution >= 4 is 68.1 Å². The lowest BCUT2D eigenvalue weighted by Crippen LogP contribution is -2.16.